The molecule has 2 aromatic rings. The normalized spacial score (nSPS) is 11.3. The minimum atomic E-state index is -3.69. The molecule has 0 aliphatic rings. The van der Waals surface area contributed by atoms with Crippen LogP contribution >= 0.6 is 27.5 Å². The lowest BCUT2D eigenvalue weighted by Crippen LogP contribution is -2.26. The van der Waals surface area contributed by atoms with Crippen molar-refractivity contribution in [3.63, 3.8) is 0 Å². The van der Waals surface area contributed by atoms with Crippen LogP contribution in [-0.4, -0.2) is 29.2 Å². The number of hydrogen-bond donors (Lipinski definition) is 1. The summed E-state index contributed by atoms with van der Waals surface area (Å²) in [5, 5.41) is 0.163. The third kappa shape index (κ3) is 4.63. The SMILES string of the molecule is COc1ccc(OC)c(CCNS(=O)(=O)c2ccc(Br)cc2Cl)c1. The number of ether oxygens (including phenoxy) is 2. The zero-order valence-electron chi connectivity index (χ0n) is 13.2. The minimum Gasteiger partial charge on any atom is -0.497 e. The second kappa shape index (κ2) is 8.20. The number of nitrogens with one attached hydrogen (secondary N) is 1. The topological polar surface area (TPSA) is 64.6 Å². The van der Waals surface area contributed by atoms with Crippen LogP contribution in [0.3, 0.4) is 0 Å². The molecule has 130 valence electrons. The van der Waals surface area contributed by atoms with Crippen LogP contribution in [0.1, 0.15) is 5.56 Å². The molecular weight excluding hydrogens is 418 g/mol. The maximum Gasteiger partial charge on any atom is 0.242 e. The van der Waals surface area contributed by atoms with E-state index in [9.17, 15) is 8.42 Å². The fourth-order valence-corrected chi connectivity index (χ4v) is 4.24. The molecule has 8 heteroatoms. The molecule has 0 amide bonds. The molecule has 0 bridgehead atoms. The summed E-state index contributed by atoms with van der Waals surface area (Å²) in [4.78, 5) is 0.0463. The van der Waals surface area contributed by atoms with Crippen molar-refractivity contribution in [3.8, 4) is 11.5 Å². The van der Waals surface area contributed by atoms with E-state index < -0.39 is 10.0 Å². The minimum absolute atomic E-state index is 0.0463. The molecule has 0 saturated heterocycles. The van der Waals surface area contributed by atoms with E-state index in [0.29, 0.717) is 22.4 Å². The molecule has 0 aliphatic heterocycles. The molecule has 0 aliphatic carbocycles. The van der Waals surface area contributed by atoms with Crippen LogP contribution in [0.15, 0.2) is 45.8 Å². The van der Waals surface area contributed by atoms with Gasteiger partial charge in [-0.3, -0.25) is 0 Å². The first-order valence-corrected chi connectivity index (χ1v) is 9.68. The Kier molecular flexibility index (Phi) is 6.51. The van der Waals surface area contributed by atoms with E-state index in [0.717, 1.165) is 5.56 Å². The number of benzene rings is 2. The molecule has 2 aromatic carbocycles. The fraction of sp³-hybridized carbons (Fsp3) is 0.250. The Labute approximate surface area is 155 Å². The molecule has 0 fully saturated rings. The van der Waals surface area contributed by atoms with Crippen molar-refractivity contribution in [3.05, 3.63) is 51.5 Å². The predicted octanol–water partition coefficient (Wildman–Crippen LogP) is 3.64. The lowest BCUT2D eigenvalue weighted by atomic mass is 10.1. The van der Waals surface area contributed by atoms with Gasteiger partial charge in [-0.1, -0.05) is 27.5 Å². The third-order valence-electron chi connectivity index (χ3n) is 3.36. The zero-order chi connectivity index (χ0) is 17.7. The number of sulfonamides is 1. The predicted molar refractivity (Wildman–Crippen MR) is 97.6 cm³/mol. The first-order chi connectivity index (χ1) is 11.4. The van der Waals surface area contributed by atoms with E-state index >= 15 is 0 Å². The Hall–Kier alpha value is -1.28. The Bertz CT molecular complexity index is 827. The second-order valence-electron chi connectivity index (χ2n) is 4.90. The van der Waals surface area contributed by atoms with Crippen LogP contribution < -0.4 is 14.2 Å². The van der Waals surface area contributed by atoms with Gasteiger partial charge in [0.15, 0.2) is 0 Å². The lowest BCUT2D eigenvalue weighted by Gasteiger charge is -2.12. The summed E-state index contributed by atoms with van der Waals surface area (Å²) in [5.74, 6) is 1.36. The van der Waals surface area contributed by atoms with Crippen LogP contribution in [0.25, 0.3) is 0 Å². The maximum atomic E-state index is 12.4. The Morgan fingerprint density at radius 2 is 1.88 bits per heavy atom. The Morgan fingerprint density at radius 1 is 1.12 bits per heavy atom. The number of hydrogen-bond acceptors (Lipinski definition) is 4. The summed E-state index contributed by atoms with van der Waals surface area (Å²) in [7, 11) is -0.548. The molecule has 2 rings (SSSR count). The molecule has 0 aromatic heterocycles. The summed E-state index contributed by atoms with van der Waals surface area (Å²) in [6.07, 6.45) is 0.452. The standard InChI is InChI=1S/C16H17BrClNO4S/c1-22-13-4-5-15(23-2)11(9-13)7-8-19-24(20,21)16-6-3-12(17)10-14(16)18/h3-6,9-10,19H,7-8H2,1-2H3. The van der Waals surface area contributed by atoms with Gasteiger partial charge in [-0.05, 0) is 48.4 Å². The zero-order valence-corrected chi connectivity index (χ0v) is 16.3. The summed E-state index contributed by atoms with van der Waals surface area (Å²) in [6.45, 7) is 0.207. The molecule has 0 heterocycles. The van der Waals surface area contributed by atoms with E-state index in [-0.39, 0.29) is 16.5 Å². The number of halogens is 2. The van der Waals surface area contributed by atoms with E-state index in [1.165, 1.54) is 6.07 Å². The summed E-state index contributed by atoms with van der Waals surface area (Å²) >= 11 is 9.26. The van der Waals surface area contributed by atoms with Gasteiger partial charge < -0.3 is 9.47 Å². The van der Waals surface area contributed by atoms with Crippen molar-refractivity contribution < 1.29 is 17.9 Å². The van der Waals surface area contributed by atoms with Crippen molar-refractivity contribution in [1.82, 2.24) is 4.72 Å². The van der Waals surface area contributed by atoms with Crippen molar-refractivity contribution in [2.75, 3.05) is 20.8 Å². The highest BCUT2D eigenvalue weighted by molar-refractivity contribution is 9.10. The van der Waals surface area contributed by atoms with E-state index in [4.69, 9.17) is 21.1 Å². The van der Waals surface area contributed by atoms with Crippen LogP contribution in [-0.2, 0) is 16.4 Å². The Morgan fingerprint density at radius 3 is 2.50 bits per heavy atom. The molecule has 24 heavy (non-hydrogen) atoms. The lowest BCUT2D eigenvalue weighted by molar-refractivity contribution is 0.398. The maximum absolute atomic E-state index is 12.4. The van der Waals surface area contributed by atoms with Crippen molar-refractivity contribution in [2.24, 2.45) is 0 Å². The molecule has 0 radical (unpaired) electrons. The van der Waals surface area contributed by atoms with Crippen molar-refractivity contribution >= 4 is 37.6 Å². The van der Waals surface area contributed by atoms with Gasteiger partial charge in [0.2, 0.25) is 10.0 Å². The third-order valence-corrected chi connectivity index (χ3v) is 5.79. The van der Waals surface area contributed by atoms with Crippen LogP contribution in [0.2, 0.25) is 5.02 Å². The second-order valence-corrected chi connectivity index (χ2v) is 7.96. The highest BCUT2D eigenvalue weighted by atomic mass is 79.9. The van der Waals surface area contributed by atoms with Gasteiger partial charge in [-0.15, -0.1) is 0 Å². The quantitative estimate of drug-likeness (QED) is 0.722. The molecule has 5 nitrogen and oxygen atoms in total. The molecule has 0 saturated carbocycles. The van der Waals surface area contributed by atoms with E-state index in [1.807, 2.05) is 6.07 Å². The first kappa shape index (κ1) is 19.1. The molecule has 0 unspecified atom stereocenters. The van der Waals surface area contributed by atoms with Crippen LogP contribution in [0, 0.1) is 0 Å². The van der Waals surface area contributed by atoms with Gasteiger partial charge >= 0.3 is 0 Å². The summed E-state index contributed by atoms with van der Waals surface area (Å²) in [5.41, 5.74) is 0.849. The van der Waals surface area contributed by atoms with Gasteiger partial charge in [0, 0.05) is 11.0 Å². The van der Waals surface area contributed by atoms with Crippen molar-refractivity contribution in [2.45, 2.75) is 11.3 Å². The summed E-state index contributed by atoms with van der Waals surface area (Å²) < 4.78 is 38.5. The summed E-state index contributed by atoms with van der Waals surface area (Å²) in [6, 6.07) is 10.0. The number of rotatable bonds is 7. The van der Waals surface area contributed by atoms with Gasteiger partial charge in [0.05, 0.1) is 19.2 Å². The first-order valence-electron chi connectivity index (χ1n) is 7.03. The van der Waals surface area contributed by atoms with Crippen LogP contribution in [0.4, 0.5) is 0 Å². The van der Waals surface area contributed by atoms with E-state index in [2.05, 4.69) is 20.7 Å². The van der Waals surface area contributed by atoms with Gasteiger partial charge in [0.1, 0.15) is 16.4 Å². The highest BCUT2D eigenvalue weighted by Gasteiger charge is 2.18. The smallest absolute Gasteiger partial charge is 0.242 e. The monoisotopic (exact) mass is 433 g/mol. The fourth-order valence-electron chi connectivity index (χ4n) is 2.17. The average Bonchev–Trinajstić information content (AvgIpc) is 2.54. The molecular formula is C16H17BrClNO4S. The van der Waals surface area contributed by atoms with Gasteiger partial charge in [0.25, 0.3) is 0 Å². The average molecular weight is 435 g/mol. The molecule has 0 atom stereocenters. The van der Waals surface area contributed by atoms with E-state index in [1.54, 1.807) is 38.5 Å². The number of methoxy groups -OCH3 is 2. The largest absolute Gasteiger partial charge is 0.497 e. The van der Waals surface area contributed by atoms with Gasteiger partial charge in [-0.25, -0.2) is 13.1 Å². The van der Waals surface area contributed by atoms with Crippen LogP contribution in [0.5, 0.6) is 11.5 Å². The van der Waals surface area contributed by atoms with Gasteiger partial charge in [-0.2, -0.15) is 0 Å². The highest BCUT2D eigenvalue weighted by Crippen LogP contribution is 2.26. The van der Waals surface area contributed by atoms with Crippen molar-refractivity contribution in [1.29, 1.82) is 0 Å². The Balaban J connectivity index is 2.11. The molecule has 0 spiro atoms. The molecule has 1 N–H and O–H groups in total.